The van der Waals surface area contributed by atoms with Crippen LogP contribution in [-0.4, -0.2) is 37.4 Å². The number of nitrogens with zero attached hydrogens (tertiary/aromatic N) is 4. The number of hydrogen-bond donors (Lipinski definition) is 2. The molecule has 1 aliphatic carbocycles. The molecule has 11 heteroatoms. The minimum absolute atomic E-state index is 0.0223. The number of amides is 2. The molecular weight excluding hydrogens is 415 g/mol. The highest BCUT2D eigenvalue weighted by atomic mass is 35.5. The molecular formula is C19H14ClFN6O3. The number of ether oxygens (including phenoxy) is 1. The zero-order chi connectivity index (χ0) is 20.8. The highest BCUT2D eigenvalue weighted by Gasteiger charge is 2.26. The van der Waals surface area contributed by atoms with Crippen LogP contribution in [-0.2, 0) is 9.59 Å². The maximum atomic E-state index is 14.1. The van der Waals surface area contributed by atoms with Crippen molar-refractivity contribution in [2.45, 2.75) is 25.3 Å². The number of benzene rings is 1. The SMILES string of the molecule is O=C1C/C(=C\c2cnn3c(NC4CC4)nc(Oc4cc(Cl)ccc4F)nc23)C(=O)N1. The van der Waals surface area contributed by atoms with E-state index in [1.54, 1.807) is 6.08 Å². The molecule has 30 heavy (non-hydrogen) atoms. The van der Waals surface area contributed by atoms with Crippen LogP contribution in [0.25, 0.3) is 11.7 Å². The van der Waals surface area contributed by atoms with Gasteiger partial charge in [-0.05, 0) is 31.1 Å². The fraction of sp³-hybridized carbons (Fsp3) is 0.211. The highest BCUT2D eigenvalue weighted by molar-refractivity contribution is 6.30. The fourth-order valence-electron chi connectivity index (χ4n) is 2.99. The number of imide groups is 1. The van der Waals surface area contributed by atoms with E-state index in [0.29, 0.717) is 27.8 Å². The van der Waals surface area contributed by atoms with Gasteiger partial charge in [0.1, 0.15) is 0 Å². The molecule has 1 aromatic carbocycles. The first-order chi connectivity index (χ1) is 14.5. The van der Waals surface area contributed by atoms with Crippen molar-refractivity contribution in [2.75, 3.05) is 5.32 Å². The number of halogens is 2. The molecule has 0 unspecified atom stereocenters. The molecule has 2 N–H and O–H groups in total. The third-order valence-electron chi connectivity index (χ3n) is 4.61. The molecule has 1 saturated heterocycles. The number of aromatic nitrogens is 4. The van der Waals surface area contributed by atoms with Gasteiger partial charge in [0.2, 0.25) is 11.9 Å². The topological polar surface area (TPSA) is 111 Å². The van der Waals surface area contributed by atoms with E-state index in [1.165, 1.54) is 28.9 Å². The molecule has 2 amide bonds. The number of rotatable bonds is 5. The van der Waals surface area contributed by atoms with Crippen LogP contribution < -0.4 is 15.4 Å². The molecule has 9 nitrogen and oxygen atoms in total. The van der Waals surface area contributed by atoms with Crippen molar-refractivity contribution in [1.82, 2.24) is 24.9 Å². The average molecular weight is 429 g/mol. The van der Waals surface area contributed by atoms with Gasteiger partial charge < -0.3 is 10.1 Å². The van der Waals surface area contributed by atoms with Crippen LogP contribution in [0.15, 0.2) is 30.0 Å². The van der Waals surface area contributed by atoms with E-state index >= 15 is 0 Å². The summed E-state index contributed by atoms with van der Waals surface area (Å²) in [6.07, 6.45) is 5.01. The summed E-state index contributed by atoms with van der Waals surface area (Å²) in [5, 5.41) is 10.0. The zero-order valence-electron chi connectivity index (χ0n) is 15.4. The molecule has 3 aromatic rings. The Balaban J connectivity index is 1.59. The molecule has 1 saturated carbocycles. The van der Waals surface area contributed by atoms with E-state index in [9.17, 15) is 14.0 Å². The standard InChI is InChI=1S/C19H14ClFN6O3/c20-11-1-4-13(21)14(7-11)30-19-25-16-10(5-9-6-15(28)24-17(9)29)8-22-27(16)18(26-19)23-12-2-3-12/h1,4-5,7-8,12H,2-3,6H2,(H,23,25,26)(H,24,28,29)/b9-5+. The Morgan fingerprint density at radius 2 is 2.13 bits per heavy atom. The van der Waals surface area contributed by atoms with Crippen LogP contribution >= 0.6 is 11.6 Å². The number of carbonyl (C=O) groups excluding carboxylic acids is 2. The van der Waals surface area contributed by atoms with E-state index in [2.05, 4.69) is 25.7 Å². The molecule has 5 rings (SSSR count). The number of fused-ring (bicyclic) bond motifs is 1. The van der Waals surface area contributed by atoms with Gasteiger partial charge >= 0.3 is 6.01 Å². The Morgan fingerprint density at radius 3 is 2.87 bits per heavy atom. The predicted molar refractivity (Wildman–Crippen MR) is 105 cm³/mol. The lowest BCUT2D eigenvalue weighted by Gasteiger charge is -2.10. The van der Waals surface area contributed by atoms with E-state index in [-0.39, 0.29) is 30.1 Å². The number of nitrogens with one attached hydrogen (secondary N) is 2. The van der Waals surface area contributed by atoms with E-state index < -0.39 is 11.7 Å². The van der Waals surface area contributed by atoms with Gasteiger partial charge in [0, 0.05) is 28.3 Å². The Hall–Kier alpha value is -3.53. The molecule has 152 valence electrons. The minimum Gasteiger partial charge on any atom is -0.421 e. The van der Waals surface area contributed by atoms with Gasteiger partial charge in [0.15, 0.2) is 17.2 Å². The summed E-state index contributed by atoms with van der Waals surface area (Å²) in [6.45, 7) is 0. The Kier molecular flexibility index (Phi) is 4.35. The van der Waals surface area contributed by atoms with Crippen LogP contribution in [0.4, 0.5) is 10.3 Å². The van der Waals surface area contributed by atoms with Crippen molar-refractivity contribution < 1.29 is 18.7 Å². The van der Waals surface area contributed by atoms with Crippen molar-refractivity contribution in [1.29, 1.82) is 0 Å². The van der Waals surface area contributed by atoms with Gasteiger partial charge in [-0.25, -0.2) is 4.39 Å². The monoisotopic (exact) mass is 428 g/mol. The summed E-state index contributed by atoms with van der Waals surface area (Å²) < 4.78 is 21.1. The van der Waals surface area contributed by atoms with Gasteiger partial charge in [0.05, 0.1) is 12.6 Å². The number of hydrogen-bond acceptors (Lipinski definition) is 7. The van der Waals surface area contributed by atoms with E-state index in [1.807, 2.05) is 0 Å². The van der Waals surface area contributed by atoms with Crippen molar-refractivity contribution in [3.63, 3.8) is 0 Å². The smallest absolute Gasteiger partial charge is 0.327 e. The summed E-state index contributed by atoms with van der Waals surface area (Å²) in [5.74, 6) is -1.19. The van der Waals surface area contributed by atoms with Crippen molar-refractivity contribution in [3.8, 4) is 11.8 Å². The third-order valence-corrected chi connectivity index (χ3v) is 4.84. The second kappa shape index (κ2) is 7.06. The van der Waals surface area contributed by atoms with E-state index in [0.717, 1.165) is 12.8 Å². The lowest BCUT2D eigenvalue weighted by atomic mass is 10.1. The maximum Gasteiger partial charge on any atom is 0.327 e. The number of anilines is 1. The van der Waals surface area contributed by atoms with Gasteiger partial charge in [-0.1, -0.05) is 11.6 Å². The molecule has 2 aliphatic rings. The van der Waals surface area contributed by atoms with Crippen LogP contribution in [0, 0.1) is 5.82 Å². The van der Waals surface area contributed by atoms with Gasteiger partial charge in [0.25, 0.3) is 5.91 Å². The first kappa shape index (κ1) is 18.5. The predicted octanol–water partition coefficient (Wildman–Crippen LogP) is 2.71. The van der Waals surface area contributed by atoms with Crippen LogP contribution in [0.1, 0.15) is 24.8 Å². The molecule has 2 fully saturated rings. The summed E-state index contributed by atoms with van der Waals surface area (Å²) in [4.78, 5) is 32.0. The average Bonchev–Trinajstić information content (AvgIpc) is 3.34. The molecule has 0 spiro atoms. The molecule has 2 aromatic heterocycles. The lowest BCUT2D eigenvalue weighted by Crippen LogP contribution is -2.19. The Bertz CT molecular complexity index is 1240. The van der Waals surface area contributed by atoms with Gasteiger partial charge in [-0.2, -0.15) is 19.6 Å². The van der Waals surface area contributed by atoms with Gasteiger partial charge in [-0.3, -0.25) is 14.9 Å². The molecule has 0 atom stereocenters. The quantitative estimate of drug-likeness (QED) is 0.474. The Morgan fingerprint density at radius 1 is 1.30 bits per heavy atom. The van der Waals surface area contributed by atoms with Gasteiger partial charge in [-0.15, -0.1) is 0 Å². The lowest BCUT2D eigenvalue weighted by molar-refractivity contribution is -0.124. The fourth-order valence-corrected chi connectivity index (χ4v) is 3.15. The highest BCUT2D eigenvalue weighted by Crippen LogP contribution is 2.29. The van der Waals surface area contributed by atoms with Crippen molar-refractivity contribution in [2.24, 2.45) is 0 Å². The van der Waals surface area contributed by atoms with Crippen LogP contribution in [0.2, 0.25) is 5.02 Å². The summed E-state index contributed by atoms with van der Waals surface area (Å²) >= 11 is 5.93. The van der Waals surface area contributed by atoms with Crippen LogP contribution in [0.3, 0.4) is 0 Å². The molecule has 0 bridgehead atoms. The minimum atomic E-state index is -0.614. The molecule has 3 heterocycles. The maximum absolute atomic E-state index is 14.1. The first-order valence-corrected chi connectivity index (χ1v) is 9.54. The summed E-state index contributed by atoms with van der Waals surface area (Å²) in [5.41, 5.74) is 1.13. The normalized spacial score (nSPS) is 17.6. The van der Waals surface area contributed by atoms with Crippen molar-refractivity contribution in [3.05, 3.63) is 46.4 Å². The molecule has 1 aliphatic heterocycles. The zero-order valence-corrected chi connectivity index (χ0v) is 16.1. The summed E-state index contributed by atoms with van der Waals surface area (Å²) in [6, 6.07) is 4.06. The Labute approximate surface area is 173 Å². The van der Waals surface area contributed by atoms with Crippen LogP contribution in [0.5, 0.6) is 11.8 Å². The first-order valence-electron chi connectivity index (χ1n) is 9.16. The third kappa shape index (κ3) is 3.57. The second-order valence-corrected chi connectivity index (χ2v) is 7.42. The largest absolute Gasteiger partial charge is 0.421 e. The number of carbonyl (C=O) groups is 2. The summed E-state index contributed by atoms with van der Waals surface area (Å²) in [7, 11) is 0. The van der Waals surface area contributed by atoms with E-state index in [4.69, 9.17) is 16.3 Å². The molecule has 0 radical (unpaired) electrons. The van der Waals surface area contributed by atoms with Crippen molar-refractivity contribution >= 4 is 41.1 Å². The second-order valence-electron chi connectivity index (χ2n) is 6.98.